The van der Waals surface area contributed by atoms with Gasteiger partial charge in [0.1, 0.15) is 6.33 Å². The third-order valence-electron chi connectivity index (χ3n) is 3.76. The number of halogens is 6. The number of nitrogens with two attached hydrogens (primary N) is 1. The lowest BCUT2D eigenvalue weighted by Gasteiger charge is -2.13. The summed E-state index contributed by atoms with van der Waals surface area (Å²) in [4.78, 5) is 23.3. The Bertz CT molecular complexity index is 1080. The molecule has 3 rings (SSSR count). The van der Waals surface area contributed by atoms with Gasteiger partial charge in [0.2, 0.25) is 0 Å². The van der Waals surface area contributed by atoms with Crippen molar-refractivity contribution in [3.05, 3.63) is 60.3 Å². The van der Waals surface area contributed by atoms with E-state index in [4.69, 9.17) is 5.84 Å². The van der Waals surface area contributed by atoms with Gasteiger partial charge in [-0.1, -0.05) is 0 Å². The SMILES string of the molecule is NN(C(=O)/C=C\n1cnc(-c2cc(C(F)(F)F)cc(C(F)(F)F)c2)n1)c1cnccn1. The molecule has 0 aliphatic carbocycles. The van der Waals surface area contributed by atoms with Gasteiger partial charge < -0.3 is 0 Å². The lowest BCUT2D eigenvalue weighted by molar-refractivity contribution is -0.143. The summed E-state index contributed by atoms with van der Waals surface area (Å²) in [6.45, 7) is 0. The zero-order chi connectivity index (χ0) is 22.8. The number of hydrogen-bond acceptors (Lipinski definition) is 6. The minimum atomic E-state index is -5.00. The number of hydrazine groups is 1. The molecule has 0 bridgehead atoms. The summed E-state index contributed by atoms with van der Waals surface area (Å²) in [7, 11) is 0. The van der Waals surface area contributed by atoms with Crippen LogP contribution < -0.4 is 10.9 Å². The molecule has 0 fully saturated rings. The molecule has 8 nitrogen and oxygen atoms in total. The van der Waals surface area contributed by atoms with Crippen molar-refractivity contribution in [2.75, 3.05) is 5.01 Å². The fourth-order valence-corrected chi connectivity index (χ4v) is 2.31. The smallest absolute Gasteiger partial charge is 0.268 e. The molecule has 14 heteroatoms. The first kappa shape index (κ1) is 21.9. The average Bonchev–Trinajstić information content (AvgIpc) is 3.19. The van der Waals surface area contributed by atoms with Crippen LogP contribution in [0, 0.1) is 0 Å². The van der Waals surface area contributed by atoms with Gasteiger partial charge in [0.25, 0.3) is 5.91 Å². The number of anilines is 1. The monoisotopic (exact) mass is 443 g/mol. The molecule has 0 aliphatic heterocycles. The predicted octanol–water partition coefficient (Wildman–Crippen LogP) is 3.15. The van der Waals surface area contributed by atoms with E-state index in [0.29, 0.717) is 17.1 Å². The first-order valence-corrected chi connectivity index (χ1v) is 8.19. The molecule has 0 spiro atoms. The van der Waals surface area contributed by atoms with E-state index in [1.165, 1.54) is 18.6 Å². The van der Waals surface area contributed by atoms with Crippen LogP contribution in [-0.2, 0) is 17.1 Å². The van der Waals surface area contributed by atoms with Crippen LogP contribution in [0.1, 0.15) is 11.1 Å². The molecule has 2 heterocycles. The van der Waals surface area contributed by atoms with Gasteiger partial charge >= 0.3 is 12.4 Å². The lowest BCUT2D eigenvalue weighted by atomic mass is 10.0. The Balaban J connectivity index is 1.86. The van der Waals surface area contributed by atoms with Crippen LogP contribution in [0.4, 0.5) is 32.2 Å². The number of carbonyl (C=O) groups excluding carboxylic acids is 1. The lowest BCUT2D eigenvalue weighted by Crippen LogP contribution is -2.36. The molecule has 0 atom stereocenters. The van der Waals surface area contributed by atoms with E-state index in [9.17, 15) is 31.1 Å². The molecule has 0 unspecified atom stereocenters. The maximum Gasteiger partial charge on any atom is 0.416 e. The Morgan fingerprint density at radius 1 is 1.00 bits per heavy atom. The van der Waals surface area contributed by atoms with Crippen LogP contribution in [0.25, 0.3) is 17.6 Å². The van der Waals surface area contributed by atoms with E-state index in [1.807, 2.05) is 0 Å². The van der Waals surface area contributed by atoms with Crippen molar-refractivity contribution in [3.8, 4) is 11.4 Å². The number of aromatic nitrogens is 5. The minimum Gasteiger partial charge on any atom is -0.268 e. The molecule has 0 aliphatic rings. The van der Waals surface area contributed by atoms with Gasteiger partial charge in [-0.15, -0.1) is 5.10 Å². The Labute approximate surface area is 169 Å². The summed E-state index contributed by atoms with van der Waals surface area (Å²) < 4.78 is 78.9. The number of amides is 1. The van der Waals surface area contributed by atoms with Crippen LogP contribution in [0.2, 0.25) is 0 Å². The van der Waals surface area contributed by atoms with Gasteiger partial charge in [0.05, 0.1) is 17.3 Å². The first-order chi connectivity index (χ1) is 14.4. The number of hydrogen-bond donors (Lipinski definition) is 1. The minimum absolute atomic E-state index is 0.00136. The Morgan fingerprint density at radius 2 is 1.65 bits per heavy atom. The summed E-state index contributed by atoms with van der Waals surface area (Å²) >= 11 is 0. The molecule has 3 aromatic rings. The van der Waals surface area contributed by atoms with E-state index >= 15 is 0 Å². The predicted molar refractivity (Wildman–Crippen MR) is 94.5 cm³/mol. The Hall–Kier alpha value is -3.81. The maximum atomic E-state index is 13.0. The van der Waals surface area contributed by atoms with Crippen LogP contribution in [0.3, 0.4) is 0 Å². The molecular weight excluding hydrogens is 432 g/mol. The molecule has 1 amide bonds. The third kappa shape index (κ3) is 5.22. The zero-order valence-electron chi connectivity index (χ0n) is 15.1. The van der Waals surface area contributed by atoms with E-state index in [1.54, 1.807) is 0 Å². The summed E-state index contributed by atoms with van der Waals surface area (Å²) in [5.41, 5.74) is -3.50. The third-order valence-corrected chi connectivity index (χ3v) is 3.76. The van der Waals surface area contributed by atoms with Crippen molar-refractivity contribution in [2.24, 2.45) is 5.84 Å². The summed E-state index contributed by atoms with van der Waals surface area (Å²) in [5, 5.41) is 4.45. The van der Waals surface area contributed by atoms with Gasteiger partial charge in [-0.25, -0.2) is 25.5 Å². The number of nitrogens with zero attached hydrogens (tertiary/aromatic N) is 6. The molecule has 0 radical (unpaired) electrons. The van der Waals surface area contributed by atoms with Crippen molar-refractivity contribution >= 4 is 17.9 Å². The molecule has 0 saturated carbocycles. The van der Waals surface area contributed by atoms with E-state index in [0.717, 1.165) is 23.3 Å². The molecule has 2 N–H and O–H groups in total. The molecule has 162 valence electrons. The maximum absolute atomic E-state index is 13.0. The zero-order valence-corrected chi connectivity index (χ0v) is 15.1. The second-order valence-corrected chi connectivity index (χ2v) is 5.93. The van der Waals surface area contributed by atoms with E-state index in [2.05, 4.69) is 20.1 Å². The Morgan fingerprint density at radius 3 is 2.19 bits per heavy atom. The summed E-state index contributed by atoms with van der Waals surface area (Å²) in [5.74, 6) is 4.46. The number of benzene rings is 1. The number of alkyl halides is 6. The van der Waals surface area contributed by atoms with Crippen molar-refractivity contribution in [3.63, 3.8) is 0 Å². The highest BCUT2D eigenvalue weighted by molar-refractivity contribution is 6.01. The second-order valence-electron chi connectivity index (χ2n) is 5.93. The second kappa shape index (κ2) is 8.14. The van der Waals surface area contributed by atoms with Crippen molar-refractivity contribution in [1.82, 2.24) is 24.7 Å². The highest BCUT2D eigenvalue weighted by Crippen LogP contribution is 2.38. The molecule has 1 aromatic carbocycles. The molecule has 31 heavy (non-hydrogen) atoms. The van der Waals surface area contributed by atoms with Crippen LogP contribution >= 0.6 is 0 Å². The molecular formula is C17H11F6N7O. The summed E-state index contributed by atoms with van der Waals surface area (Å²) in [6.07, 6.45) is -3.10. The largest absolute Gasteiger partial charge is 0.416 e. The summed E-state index contributed by atoms with van der Waals surface area (Å²) in [6, 6.07) is 1.00. The highest BCUT2D eigenvalue weighted by Gasteiger charge is 2.37. The fraction of sp³-hybridized carbons (Fsp3) is 0.118. The van der Waals surface area contributed by atoms with Gasteiger partial charge in [-0.05, 0) is 18.2 Å². The van der Waals surface area contributed by atoms with Crippen LogP contribution in [-0.4, -0.2) is 30.6 Å². The molecule has 0 saturated heterocycles. The standard InChI is InChI=1S/C17H11F6N7O/c18-16(19,20)11-5-10(6-12(7-11)17(21,22)23)15-27-9-29(28-15)4-1-14(31)30(24)13-8-25-2-3-26-13/h1-9H,24H2/b4-1-. The van der Waals surface area contributed by atoms with E-state index < -0.39 is 40.8 Å². The fourth-order valence-electron chi connectivity index (χ4n) is 2.31. The quantitative estimate of drug-likeness (QED) is 0.219. The number of rotatable bonds is 4. The van der Waals surface area contributed by atoms with Crippen LogP contribution in [0.15, 0.2) is 49.2 Å². The van der Waals surface area contributed by atoms with Crippen LogP contribution in [0.5, 0.6) is 0 Å². The normalized spacial score (nSPS) is 12.4. The van der Waals surface area contributed by atoms with Crippen molar-refractivity contribution in [2.45, 2.75) is 12.4 Å². The Kier molecular flexibility index (Phi) is 5.75. The topological polar surface area (TPSA) is 103 Å². The molecule has 2 aromatic heterocycles. The van der Waals surface area contributed by atoms with Crippen molar-refractivity contribution < 1.29 is 31.1 Å². The highest BCUT2D eigenvalue weighted by atomic mass is 19.4. The number of carbonyl (C=O) groups is 1. The van der Waals surface area contributed by atoms with Gasteiger partial charge in [-0.3, -0.25) is 9.78 Å². The van der Waals surface area contributed by atoms with Gasteiger partial charge in [0.15, 0.2) is 11.6 Å². The average molecular weight is 443 g/mol. The van der Waals surface area contributed by atoms with Crippen molar-refractivity contribution in [1.29, 1.82) is 0 Å². The first-order valence-electron chi connectivity index (χ1n) is 8.19. The van der Waals surface area contributed by atoms with Gasteiger partial charge in [0, 0.05) is 30.2 Å². The van der Waals surface area contributed by atoms with Gasteiger partial charge in [-0.2, -0.15) is 26.3 Å². The van der Waals surface area contributed by atoms with E-state index in [-0.39, 0.29) is 11.9 Å².